The summed E-state index contributed by atoms with van der Waals surface area (Å²) in [7, 11) is -3.06. The predicted octanol–water partition coefficient (Wildman–Crippen LogP) is 0.0679. The monoisotopic (exact) mass is 262 g/mol. The molecular formula is C11H22N2O3S. The lowest BCUT2D eigenvalue weighted by Gasteiger charge is -2.25. The third kappa shape index (κ3) is 4.27. The third-order valence-electron chi connectivity index (χ3n) is 3.00. The maximum Gasteiger partial charge on any atom is 0.220 e. The summed E-state index contributed by atoms with van der Waals surface area (Å²) in [6.45, 7) is 6.17. The zero-order valence-corrected chi connectivity index (χ0v) is 11.6. The van der Waals surface area contributed by atoms with Crippen molar-refractivity contribution >= 4 is 15.7 Å². The Hall–Kier alpha value is -0.620. The van der Waals surface area contributed by atoms with Crippen LogP contribution in [0.4, 0.5) is 0 Å². The van der Waals surface area contributed by atoms with Gasteiger partial charge in [-0.25, -0.2) is 8.42 Å². The Morgan fingerprint density at radius 3 is 2.53 bits per heavy atom. The van der Waals surface area contributed by atoms with Gasteiger partial charge in [0.05, 0.1) is 10.5 Å². The van der Waals surface area contributed by atoms with Crippen molar-refractivity contribution in [2.24, 2.45) is 0 Å². The van der Waals surface area contributed by atoms with Gasteiger partial charge in [0.2, 0.25) is 5.91 Å². The van der Waals surface area contributed by atoms with Crippen LogP contribution in [0.5, 0.6) is 0 Å². The van der Waals surface area contributed by atoms with E-state index in [-0.39, 0.29) is 17.7 Å². The average molecular weight is 262 g/mol. The first-order valence-corrected chi connectivity index (χ1v) is 7.60. The number of nitrogens with one attached hydrogen (secondary N) is 2. The van der Waals surface area contributed by atoms with Crippen molar-refractivity contribution in [1.82, 2.24) is 10.6 Å². The van der Waals surface area contributed by atoms with Gasteiger partial charge in [-0.3, -0.25) is 4.79 Å². The van der Waals surface area contributed by atoms with E-state index in [4.69, 9.17) is 0 Å². The van der Waals surface area contributed by atoms with E-state index >= 15 is 0 Å². The number of sulfone groups is 1. The van der Waals surface area contributed by atoms with Crippen molar-refractivity contribution in [3.63, 3.8) is 0 Å². The first-order chi connectivity index (χ1) is 7.72. The second-order valence-electron chi connectivity index (χ2n) is 5.43. The number of carbonyl (C=O) groups is 1. The van der Waals surface area contributed by atoms with E-state index in [2.05, 4.69) is 10.6 Å². The summed E-state index contributed by atoms with van der Waals surface area (Å²) in [6.07, 6.45) is 1.30. The van der Waals surface area contributed by atoms with Crippen LogP contribution in [0.15, 0.2) is 0 Å². The molecule has 5 nitrogen and oxygen atoms in total. The summed E-state index contributed by atoms with van der Waals surface area (Å²) in [5.74, 6) is 0.214. The highest BCUT2D eigenvalue weighted by atomic mass is 32.2. The number of piperidine rings is 1. The molecule has 0 spiro atoms. The highest BCUT2D eigenvalue weighted by Crippen LogP contribution is 2.15. The topological polar surface area (TPSA) is 75.3 Å². The Morgan fingerprint density at radius 2 is 2.06 bits per heavy atom. The van der Waals surface area contributed by atoms with E-state index in [1.807, 2.05) is 0 Å². The molecule has 6 heteroatoms. The number of carbonyl (C=O) groups excluding carboxylic acids is 1. The van der Waals surface area contributed by atoms with E-state index < -0.39 is 14.6 Å². The molecule has 0 aliphatic carbocycles. The van der Waals surface area contributed by atoms with Crippen LogP contribution in [0.25, 0.3) is 0 Å². The van der Waals surface area contributed by atoms with Crippen molar-refractivity contribution in [2.45, 2.75) is 44.4 Å². The first-order valence-electron chi connectivity index (χ1n) is 5.95. The van der Waals surface area contributed by atoms with Crippen LogP contribution in [0.2, 0.25) is 0 Å². The summed E-state index contributed by atoms with van der Waals surface area (Å²) in [4.78, 5) is 10.9. The minimum Gasteiger partial charge on any atom is -0.355 e. The van der Waals surface area contributed by atoms with E-state index in [9.17, 15) is 13.2 Å². The maximum absolute atomic E-state index is 11.8. The molecule has 0 aromatic carbocycles. The largest absolute Gasteiger partial charge is 0.355 e. The quantitative estimate of drug-likeness (QED) is 0.752. The Labute approximate surface area is 103 Å². The fourth-order valence-corrected chi connectivity index (χ4v) is 2.61. The van der Waals surface area contributed by atoms with Crippen LogP contribution in [-0.4, -0.2) is 44.0 Å². The molecule has 1 fully saturated rings. The maximum atomic E-state index is 11.8. The summed E-state index contributed by atoms with van der Waals surface area (Å²) in [6, 6.07) is 0.197. The van der Waals surface area contributed by atoms with Gasteiger partial charge in [-0.05, 0) is 27.2 Å². The number of hydrogen-bond acceptors (Lipinski definition) is 4. The molecule has 1 amide bonds. The van der Waals surface area contributed by atoms with Crippen molar-refractivity contribution in [2.75, 3.05) is 18.8 Å². The molecule has 0 bridgehead atoms. The van der Waals surface area contributed by atoms with Crippen LogP contribution in [0.1, 0.15) is 33.6 Å². The predicted molar refractivity (Wildman–Crippen MR) is 67.6 cm³/mol. The zero-order chi connectivity index (χ0) is 13.1. The summed E-state index contributed by atoms with van der Waals surface area (Å²) < 4.78 is 23.0. The molecule has 1 aliphatic rings. The van der Waals surface area contributed by atoms with E-state index in [1.165, 1.54) is 0 Å². The SMILES string of the molecule is CC(C)(C)S(=O)(=O)CCNC1CCC(=O)NC1. The normalized spacial score (nSPS) is 22.3. The first kappa shape index (κ1) is 14.4. The van der Waals surface area contributed by atoms with Gasteiger partial charge in [0.1, 0.15) is 0 Å². The number of rotatable bonds is 4. The van der Waals surface area contributed by atoms with Gasteiger partial charge in [-0.2, -0.15) is 0 Å². The van der Waals surface area contributed by atoms with Crippen LogP contribution < -0.4 is 10.6 Å². The molecule has 100 valence electrons. The molecule has 17 heavy (non-hydrogen) atoms. The molecule has 2 N–H and O–H groups in total. The molecule has 1 saturated heterocycles. The minimum absolute atomic E-state index is 0.0744. The van der Waals surface area contributed by atoms with Gasteiger partial charge in [-0.1, -0.05) is 0 Å². The molecule has 1 rings (SSSR count). The van der Waals surface area contributed by atoms with Crippen LogP contribution in [0.3, 0.4) is 0 Å². The summed E-state index contributed by atoms with van der Waals surface area (Å²) in [5.41, 5.74) is 0. The van der Waals surface area contributed by atoms with Crippen molar-refractivity contribution in [3.05, 3.63) is 0 Å². The third-order valence-corrected chi connectivity index (χ3v) is 5.61. The van der Waals surface area contributed by atoms with Gasteiger partial charge in [0.25, 0.3) is 0 Å². The fraction of sp³-hybridized carbons (Fsp3) is 0.909. The Kier molecular flexibility index (Phi) is 4.55. The minimum atomic E-state index is -3.06. The lowest BCUT2D eigenvalue weighted by atomic mass is 10.1. The molecule has 1 heterocycles. The molecule has 0 saturated carbocycles. The molecule has 1 atom stereocenters. The second-order valence-corrected chi connectivity index (χ2v) is 8.29. The van der Waals surface area contributed by atoms with Gasteiger partial charge >= 0.3 is 0 Å². The molecule has 1 aliphatic heterocycles. The second kappa shape index (κ2) is 5.35. The summed E-state index contributed by atoms with van der Waals surface area (Å²) >= 11 is 0. The fourth-order valence-electron chi connectivity index (χ4n) is 1.61. The molecular weight excluding hydrogens is 240 g/mol. The molecule has 0 radical (unpaired) electrons. The lowest BCUT2D eigenvalue weighted by Crippen LogP contribution is -2.47. The standard InChI is InChI=1S/C11H22N2O3S/c1-11(2,3)17(15,16)7-6-12-9-4-5-10(14)13-8-9/h9,12H,4-8H2,1-3H3,(H,13,14). The average Bonchev–Trinajstić information content (AvgIpc) is 2.19. The van der Waals surface area contributed by atoms with Gasteiger partial charge in [0.15, 0.2) is 9.84 Å². The Morgan fingerprint density at radius 1 is 1.41 bits per heavy atom. The molecule has 1 unspecified atom stereocenters. The van der Waals surface area contributed by atoms with E-state index in [0.717, 1.165) is 6.42 Å². The van der Waals surface area contributed by atoms with Crippen LogP contribution in [-0.2, 0) is 14.6 Å². The summed E-state index contributed by atoms with van der Waals surface area (Å²) in [5, 5.41) is 5.94. The highest BCUT2D eigenvalue weighted by molar-refractivity contribution is 7.92. The number of amides is 1. The Balaban J connectivity index is 2.31. The van der Waals surface area contributed by atoms with E-state index in [0.29, 0.717) is 19.5 Å². The van der Waals surface area contributed by atoms with Crippen molar-refractivity contribution < 1.29 is 13.2 Å². The van der Waals surface area contributed by atoms with Gasteiger partial charge in [-0.15, -0.1) is 0 Å². The van der Waals surface area contributed by atoms with Crippen LogP contribution >= 0.6 is 0 Å². The smallest absolute Gasteiger partial charge is 0.220 e. The molecule has 0 aromatic heterocycles. The van der Waals surface area contributed by atoms with Gasteiger partial charge in [0, 0.05) is 25.6 Å². The van der Waals surface area contributed by atoms with E-state index in [1.54, 1.807) is 20.8 Å². The highest BCUT2D eigenvalue weighted by Gasteiger charge is 2.28. The van der Waals surface area contributed by atoms with Crippen LogP contribution in [0, 0.1) is 0 Å². The lowest BCUT2D eigenvalue weighted by molar-refractivity contribution is -0.122. The van der Waals surface area contributed by atoms with Crippen molar-refractivity contribution in [3.8, 4) is 0 Å². The molecule has 0 aromatic rings. The zero-order valence-electron chi connectivity index (χ0n) is 10.7. The van der Waals surface area contributed by atoms with Crippen molar-refractivity contribution in [1.29, 1.82) is 0 Å². The Bertz CT molecular complexity index is 361. The van der Waals surface area contributed by atoms with Gasteiger partial charge < -0.3 is 10.6 Å². The number of hydrogen-bond donors (Lipinski definition) is 2.